The van der Waals surface area contributed by atoms with Crippen LogP contribution in [-0.2, 0) is 14.4 Å². The van der Waals surface area contributed by atoms with E-state index in [9.17, 15) is 24.6 Å². The highest BCUT2D eigenvalue weighted by Gasteiger charge is 2.54. The zero-order valence-corrected chi connectivity index (χ0v) is 14.6. The van der Waals surface area contributed by atoms with Gasteiger partial charge in [0, 0.05) is 11.1 Å². The van der Waals surface area contributed by atoms with E-state index in [1.165, 1.54) is 17.1 Å². The smallest absolute Gasteiger partial charge is 0.352 e. The lowest BCUT2D eigenvalue weighted by molar-refractivity contribution is -0.150. The van der Waals surface area contributed by atoms with Crippen LogP contribution in [0.4, 0.5) is 5.13 Å². The first-order valence-corrected chi connectivity index (χ1v) is 9.07. The van der Waals surface area contributed by atoms with Crippen LogP contribution in [0.15, 0.2) is 21.8 Å². The topological polar surface area (TPSA) is 178 Å². The van der Waals surface area contributed by atoms with E-state index in [2.05, 4.69) is 15.5 Å². The molecule has 13 heteroatoms. The molecular formula is C13H13N5O6S2. The Morgan fingerprint density at radius 1 is 1.50 bits per heavy atom. The number of carbonyl (C=O) groups excluding carboxylic acids is 2. The number of carbonyl (C=O) groups is 3. The molecule has 0 bridgehead atoms. The molecule has 2 aliphatic rings. The summed E-state index contributed by atoms with van der Waals surface area (Å²) in [5.74, 6) is -2.59. The Labute approximate surface area is 154 Å². The molecule has 0 saturated carbocycles. The molecule has 138 valence electrons. The number of thiazole rings is 1. The monoisotopic (exact) mass is 399 g/mol. The lowest BCUT2D eigenvalue weighted by Gasteiger charge is -2.49. The maximum Gasteiger partial charge on any atom is 0.352 e. The first-order chi connectivity index (χ1) is 12.4. The number of oxime groups is 1. The number of aliphatic hydroxyl groups is 1. The van der Waals surface area contributed by atoms with Gasteiger partial charge in [-0.25, -0.2) is 9.78 Å². The minimum atomic E-state index is -1.33. The molecule has 1 saturated heterocycles. The van der Waals surface area contributed by atoms with Crippen molar-refractivity contribution in [2.75, 3.05) is 18.1 Å². The summed E-state index contributed by atoms with van der Waals surface area (Å²) in [5.41, 5.74) is 5.09. The Bertz CT molecular complexity index is 850. The first kappa shape index (κ1) is 18.2. The number of aliphatic carboxylic acids is 1. The predicted molar refractivity (Wildman–Crippen MR) is 91.6 cm³/mol. The fraction of sp³-hybridized carbons (Fsp3) is 0.308. The molecule has 11 nitrogen and oxygen atoms in total. The van der Waals surface area contributed by atoms with Crippen molar-refractivity contribution >= 4 is 51.7 Å². The van der Waals surface area contributed by atoms with Gasteiger partial charge in [-0.05, 0) is 5.57 Å². The molecule has 1 aromatic rings. The maximum atomic E-state index is 12.3. The normalized spacial score (nSPS) is 22.7. The van der Waals surface area contributed by atoms with E-state index in [0.29, 0.717) is 0 Å². The number of rotatable bonds is 5. The van der Waals surface area contributed by atoms with E-state index >= 15 is 0 Å². The van der Waals surface area contributed by atoms with E-state index < -0.39 is 41.5 Å². The number of nitrogens with zero attached hydrogens (tertiary/aromatic N) is 3. The van der Waals surface area contributed by atoms with Crippen LogP contribution in [-0.4, -0.2) is 72.6 Å². The van der Waals surface area contributed by atoms with Gasteiger partial charge in [0.1, 0.15) is 22.8 Å². The molecule has 1 aromatic heterocycles. The number of carboxylic acids is 1. The third-order valence-electron chi connectivity index (χ3n) is 3.81. The minimum absolute atomic E-state index is 0.0566. The Balaban J connectivity index is 1.77. The summed E-state index contributed by atoms with van der Waals surface area (Å²) in [4.78, 5) is 40.9. The van der Waals surface area contributed by atoms with Gasteiger partial charge in [-0.15, -0.1) is 23.1 Å². The zero-order valence-electron chi connectivity index (χ0n) is 12.9. The van der Waals surface area contributed by atoms with Gasteiger partial charge in [0.25, 0.3) is 11.8 Å². The first-order valence-electron chi connectivity index (χ1n) is 7.14. The highest BCUT2D eigenvalue weighted by atomic mass is 32.2. The van der Waals surface area contributed by atoms with Crippen LogP contribution in [0.3, 0.4) is 0 Å². The van der Waals surface area contributed by atoms with Crippen LogP contribution in [0.25, 0.3) is 0 Å². The largest absolute Gasteiger partial charge is 0.477 e. The zero-order chi connectivity index (χ0) is 19.0. The third-order valence-corrected chi connectivity index (χ3v) is 5.82. The van der Waals surface area contributed by atoms with E-state index in [-0.39, 0.29) is 27.8 Å². The van der Waals surface area contributed by atoms with Crippen LogP contribution < -0.4 is 11.1 Å². The van der Waals surface area contributed by atoms with Gasteiger partial charge in [0.05, 0.1) is 6.61 Å². The van der Waals surface area contributed by atoms with Crippen LogP contribution >= 0.6 is 23.1 Å². The van der Waals surface area contributed by atoms with Gasteiger partial charge in [-0.2, -0.15) is 0 Å². The van der Waals surface area contributed by atoms with Crippen molar-refractivity contribution in [3.63, 3.8) is 0 Å². The van der Waals surface area contributed by atoms with Gasteiger partial charge >= 0.3 is 5.97 Å². The molecule has 0 aromatic carbocycles. The molecule has 1 fully saturated rings. The lowest BCUT2D eigenvalue weighted by Crippen LogP contribution is -2.71. The van der Waals surface area contributed by atoms with Gasteiger partial charge in [-0.1, -0.05) is 5.16 Å². The van der Waals surface area contributed by atoms with E-state index in [1.807, 2.05) is 0 Å². The van der Waals surface area contributed by atoms with Crippen molar-refractivity contribution in [3.8, 4) is 0 Å². The number of aromatic nitrogens is 1. The van der Waals surface area contributed by atoms with Gasteiger partial charge in [0.15, 0.2) is 10.8 Å². The molecule has 0 spiro atoms. The lowest BCUT2D eigenvalue weighted by atomic mass is 10.0. The fourth-order valence-corrected chi connectivity index (χ4v) is 4.51. The predicted octanol–water partition coefficient (Wildman–Crippen LogP) is -1.37. The molecular weight excluding hydrogens is 386 g/mol. The Hall–Kier alpha value is -2.64. The number of hydrogen-bond donors (Lipinski definition) is 5. The van der Waals surface area contributed by atoms with E-state index in [1.54, 1.807) is 0 Å². The van der Waals surface area contributed by atoms with Crippen molar-refractivity contribution in [1.29, 1.82) is 0 Å². The summed E-state index contributed by atoms with van der Waals surface area (Å²) in [6, 6.07) is -0.991. The summed E-state index contributed by atoms with van der Waals surface area (Å²) in [6.07, 6.45) is 0. The van der Waals surface area contributed by atoms with Crippen LogP contribution in [0.1, 0.15) is 5.69 Å². The molecule has 2 aliphatic heterocycles. The number of nitrogens with two attached hydrogens (primary N) is 1. The average Bonchev–Trinajstić information content (AvgIpc) is 3.04. The second-order valence-electron chi connectivity index (χ2n) is 5.30. The summed E-state index contributed by atoms with van der Waals surface area (Å²) in [6.45, 7) is -0.477. The molecule has 2 atom stereocenters. The molecule has 1 unspecified atom stereocenters. The number of fused-ring (bicyclic) bond motifs is 1. The van der Waals surface area contributed by atoms with Crippen molar-refractivity contribution in [1.82, 2.24) is 15.2 Å². The molecule has 3 heterocycles. The molecule has 3 rings (SSSR count). The Morgan fingerprint density at radius 3 is 2.77 bits per heavy atom. The summed E-state index contributed by atoms with van der Waals surface area (Å²) >= 11 is 2.26. The molecule has 0 aliphatic carbocycles. The highest BCUT2D eigenvalue weighted by Crippen LogP contribution is 2.40. The molecule has 0 radical (unpaired) electrons. The second kappa shape index (κ2) is 6.93. The maximum absolute atomic E-state index is 12.3. The van der Waals surface area contributed by atoms with Gasteiger partial charge in [-0.3, -0.25) is 14.5 Å². The number of thioether (sulfide) groups is 1. The van der Waals surface area contributed by atoms with Crippen molar-refractivity contribution < 1.29 is 29.8 Å². The number of hydrogen-bond acceptors (Lipinski definition) is 10. The molecule has 2 amide bonds. The second-order valence-corrected chi connectivity index (χ2v) is 7.29. The number of aliphatic hydroxyl groups excluding tert-OH is 1. The average molecular weight is 399 g/mol. The summed E-state index contributed by atoms with van der Waals surface area (Å²) < 4.78 is 0. The summed E-state index contributed by atoms with van der Waals surface area (Å²) in [5, 5.41) is 33.9. The van der Waals surface area contributed by atoms with Crippen molar-refractivity contribution in [3.05, 3.63) is 22.3 Å². The van der Waals surface area contributed by atoms with E-state index in [4.69, 9.17) is 10.9 Å². The van der Waals surface area contributed by atoms with Gasteiger partial charge < -0.3 is 26.5 Å². The summed E-state index contributed by atoms with van der Waals surface area (Å²) in [7, 11) is 0. The fourth-order valence-electron chi connectivity index (χ4n) is 2.62. The highest BCUT2D eigenvalue weighted by molar-refractivity contribution is 8.00. The molecule has 26 heavy (non-hydrogen) atoms. The van der Waals surface area contributed by atoms with Crippen molar-refractivity contribution in [2.24, 2.45) is 5.16 Å². The SMILES string of the molecule is Nc1nc(C(=NO)C(=O)NC2C(=O)N3C(C(=O)O)=C(CO)CS[C@H]23)cs1. The van der Waals surface area contributed by atoms with Crippen LogP contribution in [0, 0.1) is 0 Å². The van der Waals surface area contributed by atoms with Crippen LogP contribution in [0.5, 0.6) is 0 Å². The number of nitrogens with one attached hydrogen (secondary N) is 1. The van der Waals surface area contributed by atoms with Crippen LogP contribution in [0.2, 0.25) is 0 Å². The van der Waals surface area contributed by atoms with Crippen molar-refractivity contribution in [2.45, 2.75) is 11.4 Å². The Morgan fingerprint density at radius 2 is 2.23 bits per heavy atom. The van der Waals surface area contributed by atoms with Gasteiger partial charge in [0.2, 0.25) is 0 Å². The number of anilines is 1. The number of carboxylic acid groups (broad SMARTS) is 1. The third kappa shape index (κ3) is 2.89. The minimum Gasteiger partial charge on any atom is -0.477 e. The molecule has 6 N–H and O–H groups in total. The Kier molecular flexibility index (Phi) is 4.84. The quantitative estimate of drug-likeness (QED) is 0.173. The number of amides is 2. The standard InChI is InChI=1S/C13H13N5O6S2/c14-13-15-5(3-26-13)6(17-24)9(20)16-7-10(21)18-8(12(22)23)4(1-19)2-25-11(7)18/h3,7,11,19,24H,1-2H2,(H2,14,15)(H,16,20)(H,22,23)/t7?,11-/m1/s1. The number of nitrogen functional groups attached to an aromatic ring is 1. The number of β-lactam (4-membered cyclic amide) rings is 1. The van der Waals surface area contributed by atoms with E-state index in [0.717, 1.165) is 16.2 Å².